The second kappa shape index (κ2) is 12.6. The highest BCUT2D eigenvalue weighted by molar-refractivity contribution is 5.69. The Morgan fingerprint density at radius 3 is 1.84 bits per heavy atom. The van der Waals surface area contributed by atoms with Crippen molar-refractivity contribution in [1.29, 1.82) is 0 Å². The van der Waals surface area contributed by atoms with Crippen LogP contribution in [-0.4, -0.2) is 47.5 Å². The van der Waals surface area contributed by atoms with Crippen molar-refractivity contribution < 1.29 is 23.7 Å². The minimum absolute atomic E-state index is 0.290. The molecule has 0 bridgehead atoms. The van der Waals surface area contributed by atoms with Crippen molar-refractivity contribution in [1.82, 2.24) is 4.90 Å². The molecule has 0 radical (unpaired) electrons. The van der Waals surface area contributed by atoms with E-state index in [0.717, 1.165) is 16.7 Å². The molecule has 1 aliphatic heterocycles. The molecule has 0 spiro atoms. The van der Waals surface area contributed by atoms with Gasteiger partial charge >= 0.3 is 6.09 Å². The first kappa shape index (κ1) is 27.8. The Morgan fingerprint density at radius 2 is 1.32 bits per heavy atom. The molecule has 1 saturated heterocycles. The Balaban J connectivity index is 1.58. The normalized spacial score (nSPS) is 21.4. The first-order valence-electron chi connectivity index (χ1n) is 13.2. The van der Waals surface area contributed by atoms with Crippen molar-refractivity contribution >= 4 is 6.09 Å². The lowest BCUT2D eigenvalue weighted by molar-refractivity contribution is -0.134. The number of carbonyl (C=O) groups is 1. The number of carbonyl (C=O) groups excluding carboxylic acids is 1. The van der Waals surface area contributed by atoms with E-state index in [9.17, 15) is 4.79 Å². The zero-order valence-corrected chi connectivity index (χ0v) is 22.8. The minimum Gasteiger partial charge on any atom is -0.444 e. The molecule has 0 N–H and O–H groups in total. The maximum atomic E-state index is 13.4. The van der Waals surface area contributed by atoms with Crippen LogP contribution >= 0.6 is 0 Å². The van der Waals surface area contributed by atoms with Gasteiger partial charge in [0, 0.05) is 0 Å². The maximum Gasteiger partial charge on any atom is 0.410 e. The summed E-state index contributed by atoms with van der Waals surface area (Å²) < 4.78 is 25.1. The molecule has 4 rings (SSSR count). The number of benzene rings is 3. The van der Waals surface area contributed by atoms with E-state index in [2.05, 4.69) is 0 Å². The number of likely N-dealkylation sites (tertiary alicyclic amines) is 1. The first-order chi connectivity index (χ1) is 18.2. The van der Waals surface area contributed by atoms with Gasteiger partial charge < -0.3 is 18.9 Å². The molecule has 1 aliphatic rings. The predicted molar refractivity (Wildman–Crippen MR) is 147 cm³/mol. The molecule has 1 amide bonds. The van der Waals surface area contributed by atoms with Crippen molar-refractivity contribution in [2.24, 2.45) is 0 Å². The van der Waals surface area contributed by atoms with E-state index in [0.29, 0.717) is 26.4 Å². The largest absolute Gasteiger partial charge is 0.444 e. The Bertz CT molecular complexity index is 1130. The van der Waals surface area contributed by atoms with Crippen LogP contribution in [0.5, 0.6) is 0 Å². The van der Waals surface area contributed by atoms with Crippen molar-refractivity contribution in [2.75, 3.05) is 13.2 Å². The molecular formula is C32H39NO5. The van der Waals surface area contributed by atoms with Crippen LogP contribution in [0.1, 0.15) is 44.4 Å². The molecule has 202 valence electrons. The lowest BCUT2D eigenvalue weighted by atomic mass is 9.98. The average molecular weight is 518 g/mol. The van der Waals surface area contributed by atoms with E-state index >= 15 is 0 Å². The summed E-state index contributed by atoms with van der Waals surface area (Å²) in [5.74, 6) is 0. The molecule has 1 heterocycles. The molecule has 6 nitrogen and oxygen atoms in total. The van der Waals surface area contributed by atoms with Crippen molar-refractivity contribution in [3.63, 3.8) is 0 Å². The van der Waals surface area contributed by atoms with Gasteiger partial charge in [0.15, 0.2) is 0 Å². The molecule has 3 aromatic carbocycles. The molecule has 0 saturated carbocycles. The third-order valence-corrected chi connectivity index (χ3v) is 6.55. The standard InChI is InChI=1S/C32H39NO5/c1-31(2,3)38-30(34)33-24-32(4,37-22-27-18-12-7-13-19-27)29(36-21-26-16-10-6-11-17-26)28(33)23-35-20-25-14-8-5-9-15-25/h5-19,28-29H,20-24H2,1-4H3/t28-,29-,32-/m1/s1. The van der Waals surface area contributed by atoms with Gasteiger partial charge in [0.25, 0.3) is 0 Å². The van der Waals surface area contributed by atoms with E-state index in [4.69, 9.17) is 18.9 Å². The van der Waals surface area contributed by atoms with E-state index < -0.39 is 29.4 Å². The maximum absolute atomic E-state index is 13.4. The molecule has 0 unspecified atom stereocenters. The lowest BCUT2D eigenvalue weighted by Crippen LogP contribution is -2.47. The van der Waals surface area contributed by atoms with Crippen LogP contribution in [0.4, 0.5) is 4.79 Å². The fraction of sp³-hybridized carbons (Fsp3) is 0.406. The number of rotatable bonds is 10. The summed E-state index contributed by atoms with van der Waals surface area (Å²) in [6.07, 6.45) is -0.833. The zero-order chi connectivity index (χ0) is 27.0. The van der Waals surface area contributed by atoms with Crippen LogP contribution in [-0.2, 0) is 38.8 Å². The lowest BCUT2D eigenvalue weighted by Gasteiger charge is -2.33. The Morgan fingerprint density at radius 1 is 0.816 bits per heavy atom. The third kappa shape index (κ3) is 7.67. The van der Waals surface area contributed by atoms with Crippen LogP contribution in [0.2, 0.25) is 0 Å². The number of nitrogens with zero attached hydrogens (tertiary/aromatic N) is 1. The van der Waals surface area contributed by atoms with Crippen LogP contribution in [0.15, 0.2) is 91.0 Å². The van der Waals surface area contributed by atoms with Gasteiger partial charge in [-0.15, -0.1) is 0 Å². The summed E-state index contributed by atoms with van der Waals surface area (Å²) in [7, 11) is 0. The summed E-state index contributed by atoms with van der Waals surface area (Å²) in [5.41, 5.74) is 1.78. The molecule has 3 aromatic rings. The number of hydrogen-bond donors (Lipinski definition) is 0. The number of amides is 1. The van der Waals surface area contributed by atoms with Crippen LogP contribution in [0.25, 0.3) is 0 Å². The number of ether oxygens (including phenoxy) is 4. The van der Waals surface area contributed by atoms with Crippen LogP contribution in [0.3, 0.4) is 0 Å². The van der Waals surface area contributed by atoms with Gasteiger partial charge in [0.1, 0.15) is 17.3 Å². The minimum atomic E-state index is -0.775. The monoisotopic (exact) mass is 517 g/mol. The second-order valence-corrected chi connectivity index (χ2v) is 11.0. The molecule has 0 aliphatic carbocycles. The first-order valence-corrected chi connectivity index (χ1v) is 13.2. The summed E-state index contributed by atoms with van der Waals surface area (Å²) >= 11 is 0. The van der Waals surface area contributed by atoms with Gasteiger partial charge in [0.2, 0.25) is 0 Å². The average Bonchev–Trinajstić information content (AvgIpc) is 3.19. The SMILES string of the molecule is CC(C)(C)OC(=O)N1C[C@@](C)(OCc2ccccc2)[C@H](OCc2ccccc2)[C@H]1COCc1ccccc1. The summed E-state index contributed by atoms with van der Waals surface area (Å²) in [6, 6.07) is 29.7. The van der Waals surface area contributed by atoms with E-state index in [-0.39, 0.29) is 6.61 Å². The summed E-state index contributed by atoms with van der Waals surface area (Å²) in [6.45, 7) is 9.48. The highest BCUT2D eigenvalue weighted by atomic mass is 16.6. The quantitative estimate of drug-likeness (QED) is 0.312. The Kier molecular flexibility index (Phi) is 9.21. The Hall–Kier alpha value is -3.19. The van der Waals surface area contributed by atoms with Gasteiger partial charge in [-0.1, -0.05) is 91.0 Å². The smallest absolute Gasteiger partial charge is 0.410 e. The van der Waals surface area contributed by atoms with Gasteiger partial charge in [-0.3, -0.25) is 4.90 Å². The fourth-order valence-electron chi connectivity index (χ4n) is 4.68. The van der Waals surface area contributed by atoms with E-state index in [1.807, 2.05) is 119 Å². The van der Waals surface area contributed by atoms with Crippen LogP contribution in [0, 0.1) is 0 Å². The van der Waals surface area contributed by atoms with E-state index in [1.54, 1.807) is 4.90 Å². The van der Waals surface area contributed by atoms with Crippen molar-refractivity contribution in [2.45, 2.75) is 70.9 Å². The topological polar surface area (TPSA) is 57.2 Å². The van der Waals surface area contributed by atoms with Crippen molar-refractivity contribution in [3.05, 3.63) is 108 Å². The van der Waals surface area contributed by atoms with Gasteiger partial charge in [-0.2, -0.15) is 0 Å². The Labute approximate surface area is 226 Å². The fourth-order valence-corrected chi connectivity index (χ4v) is 4.68. The molecule has 38 heavy (non-hydrogen) atoms. The van der Waals surface area contributed by atoms with Crippen LogP contribution < -0.4 is 0 Å². The zero-order valence-electron chi connectivity index (χ0n) is 22.8. The third-order valence-electron chi connectivity index (χ3n) is 6.55. The highest BCUT2D eigenvalue weighted by Crippen LogP contribution is 2.36. The van der Waals surface area contributed by atoms with Crippen molar-refractivity contribution in [3.8, 4) is 0 Å². The molecule has 6 heteroatoms. The van der Waals surface area contributed by atoms with Gasteiger partial charge in [-0.05, 0) is 44.4 Å². The molecule has 0 aromatic heterocycles. The summed E-state index contributed by atoms with van der Waals surface area (Å²) in [4.78, 5) is 15.1. The second-order valence-electron chi connectivity index (χ2n) is 11.0. The number of hydrogen-bond acceptors (Lipinski definition) is 5. The molecule has 3 atom stereocenters. The van der Waals surface area contributed by atoms with E-state index in [1.165, 1.54) is 0 Å². The van der Waals surface area contributed by atoms with Gasteiger partial charge in [0.05, 0.1) is 39.0 Å². The molecular weight excluding hydrogens is 478 g/mol. The summed E-state index contributed by atoms with van der Waals surface area (Å²) in [5, 5.41) is 0. The predicted octanol–water partition coefficient (Wildman–Crippen LogP) is 6.38. The molecule has 1 fully saturated rings. The highest BCUT2D eigenvalue weighted by Gasteiger charge is 2.54. The van der Waals surface area contributed by atoms with Gasteiger partial charge in [-0.25, -0.2) is 4.79 Å².